The summed E-state index contributed by atoms with van der Waals surface area (Å²) in [6.07, 6.45) is 4.07. The van der Waals surface area contributed by atoms with E-state index in [2.05, 4.69) is 28.9 Å². The third-order valence-electron chi connectivity index (χ3n) is 6.03. The van der Waals surface area contributed by atoms with Crippen molar-refractivity contribution in [1.82, 2.24) is 24.5 Å². The second-order valence-electron chi connectivity index (χ2n) is 8.26. The van der Waals surface area contributed by atoms with Crippen molar-refractivity contribution in [3.05, 3.63) is 17.5 Å². The molecule has 1 aromatic heterocycles. The zero-order valence-corrected chi connectivity index (χ0v) is 17.1. The van der Waals surface area contributed by atoms with Crippen LogP contribution in [0.25, 0.3) is 0 Å². The number of hydrogen-bond acceptors (Lipinski definition) is 5. The number of likely N-dealkylation sites (tertiary alicyclic amines) is 1. The Labute approximate surface area is 162 Å². The molecule has 152 valence electrons. The van der Waals surface area contributed by atoms with Crippen molar-refractivity contribution >= 4 is 5.91 Å². The van der Waals surface area contributed by atoms with Crippen molar-refractivity contribution in [2.24, 2.45) is 11.8 Å². The zero-order valence-electron chi connectivity index (χ0n) is 17.1. The first kappa shape index (κ1) is 20.3. The molecule has 0 saturated carbocycles. The standard InChI is InChI=1S/C20H35N5O2/c1-4-6-25-14-19(16(2)21-25)20(27)24-12-17(18(13-24)15-26)11-23-8-5-7-22(3)9-10-23/h14,17-18,26H,4-13,15H2,1-3H3/t17-,18-/m1/s1. The predicted molar refractivity (Wildman–Crippen MR) is 106 cm³/mol. The van der Waals surface area contributed by atoms with E-state index in [-0.39, 0.29) is 18.4 Å². The van der Waals surface area contributed by atoms with E-state index in [0.717, 1.165) is 57.9 Å². The minimum Gasteiger partial charge on any atom is -0.396 e. The number of aromatic nitrogens is 2. The topological polar surface area (TPSA) is 64.8 Å². The van der Waals surface area contributed by atoms with E-state index in [1.165, 1.54) is 6.42 Å². The summed E-state index contributed by atoms with van der Waals surface area (Å²) in [5.74, 6) is 0.570. The van der Waals surface area contributed by atoms with E-state index >= 15 is 0 Å². The number of carbonyl (C=O) groups excluding carboxylic acids is 1. The number of aliphatic hydroxyl groups is 1. The van der Waals surface area contributed by atoms with Crippen LogP contribution in [0.1, 0.15) is 35.8 Å². The molecule has 2 aliphatic heterocycles. The summed E-state index contributed by atoms with van der Waals surface area (Å²) >= 11 is 0. The Balaban J connectivity index is 1.63. The number of likely N-dealkylation sites (N-methyl/N-ethyl adjacent to an activating group) is 1. The molecule has 0 unspecified atom stereocenters. The van der Waals surface area contributed by atoms with Gasteiger partial charge in [-0.05, 0) is 45.8 Å². The molecule has 3 heterocycles. The molecule has 2 saturated heterocycles. The largest absolute Gasteiger partial charge is 0.396 e. The Morgan fingerprint density at radius 1 is 1.22 bits per heavy atom. The lowest BCUT2D eigenvalue weighted by Gasteiger charge is -2.26. The third kappa shape index (κ3) is 4.89. The molecule has 3 rings (SSSR count). The molecule has 2 atom stereocenters. The predicted octanol–water partition coefficient (Wildman–Crippen LogP) is 0.920. The molecule has 27 heavy (non-hydrogen) atoms. The molecule has 0 bridgehead atoms. The molecule has 1 aromatic rings. The third-order valence-corrected chi connectivity index (χ3v) is 6.03. The molecule has 2 fully saturated rings. The van der Waals surface area contributed by atoms with Crippen molar-refractivity contribution in [1.29, 1.82) is 0 Å². The Hall–Kier alpha value is -1.44. The number of aliphatic hydroxyl groups excluding tert-OH is 1. The number of rotatable bonds is 6. The Morgan fingerprint density at radius 3 is 2.74 bits per heavy atom. The first-order chi connectivity index (χ1) is 13.0. The van der Waals surface area contributed by atoms with Crippen LogP contribution in [0.15, 0.2) is 6.20 Å². The quantitative estimate of drug-likeness (QED) is 0.799. The summed E-state index contributed by atoms with van der Waals surface area (Å²) in [6, 6.07) is 0. The summed E-state index contributed by atoms with van der Waals surface area (Å²) in [6.45, 7) is 11.8. The maximum absolute atomic E-state index is 13.1. The smallest absolute Gasteiger partial charge is 0.257 e. The lowest BCUT2D eigenvalue weighted by Crippen LogP contribution is -2.36. The maximum atomic E-state index is 13.1. The molecule has 0 aliphatic carbocycles. The van der Waals surface area contributed by atoms with E-state index in [1.54, 1.807) is 0 Å². The summed E-state index contributed by atoms with van der Waals surface area (Å²) in [5.41, 5.74) is 1.50. The average molecular weight is 378 g/mol. The van der Waals surface area contributed by atoms with Crippen LogP contribution in [0.2, 0.25) is 0 Å². The van der Waals surface area contributed by atoms with E-state index in [4.69, 9.17) is 0 Å². The fraction of sp³-hybridized carbons (Fsp3) is 0.800. The lowest BCUT2D eigenvalue weighted by molar-refractivity contribution is 0.0778. The van der Waals surface area contributed by atoms with Crippen molar-refractivity contribution in [3.63, 3.8) is 0 Å². The van der Waals surface area contributed by atoms with Gasteiger partial charge in [-0.1, -0.05) is 6.92 Å². The van der Waals surface area contributed by atoms with Gasteiger partial charge in [0.2, 0.25) is 0 Å². The van der Waals surface area contributed by atoms with Gasteiger partial charge in [-0.2, -0.15) is 5.10 Å². The molecular weight excluding hydrogens is 342 g/mol. The first-order valence-electron chi connectivity index (χ1n) is 10.4. The summed E-state index contributed by atoms with van der Waals surface area (Å²) < 4.78 is 1.87. The highest BCUT2D eigenvalue weighted by Gasteiger charge is 2.37. The van der Waals surface area contributed by atoms with E-state index < -0.39 is 0 Å². The molecular formula is C20H35N5O2. The number of amides is 1. The molecule has 0 radical (unpaired) electrons. The van der Waals surface area contributed by atoms with Crippen LogP contribution in [-0.2, 0) is 6.54 Å². The minimum absolute atomic E-state index is 0.0615. The maximum Gasteiger partial charge on any atom is 0.257 e. The van der Waals surface area contributed by atoms with Gasteiger partial charge < -0.3 is 19.8 Å². The fourth-order valence-electron chi connectivity index (χ4n) is 4.37. The van der Waals surface area contributed by atoms with Crippen molar-refractivity contribution in [2.75, 3.05) is 59.5 Å². The molecule has 0 spiro atoms. The van der Waals surface area contributed by atoms with Crippen LogP contribution in [0.3, 0.4) is 0 Å². The monoisotopic (exact) mass is 377 g/mol. The van der Waals surface area contributed by atoms with Gasteiger partial charge in [0.25, 0.3) is 5.91 Å². The van der Waals surface area contributed by atoms with Crippen molar-refractivity contribution in [3.8, 4) is 0 Å². The summed E-state index contributed by atoms with van der Waals surface area (Å²) in [7, 11) is 2.18. The normalized spacial score (nSPS) is 25.1. The van der Waals surface area contributed by atoms with Gasteiger partial charge >= 0.3 is 0 Å². The van der Waals surface area contributed by atoms with Gasteiger partial charge in [0.05, 0.1) is 11.3 Å². The van der Waals surface area contributed by atoms with E-state index in [0.29, 0.717) is 18.0 Å². The second kappa shape index (κ2) is 9.17. The van der Waals surface area contributed by atoms with Gasteiger partial charge in [-0.3, -0.25) is 9.48 Å². The highest BCUT2D eigenvalue weighted by atomic mass is 16.3. The van der Waals surface area contributed by atoms with Crippen LogP contribution in [0, 0.1) is 18.8 Å². The van der Waals surface area contributed by atoms with E-state index in [9.17, 15) is 9.90 Å². The molecule has 7 nitrogen and oxygen atoms in total. The van der Waals surface area contributed by atoms with Gasteiger partial charge in [-0.25, -0.2) is 0 Å². The van der Waals surface area contributed by atoms with Gasteiger partial charge in [0.15, 0.2) is 0 Å². The van der Waals surface area contributed by atoms with Crippen LogP contribution in [0.5, 0.6) is 0 Å². The van der Waals surface area contributed by atoms with Crippen LogP contribution >= 0.6 is 0 Å². The van der Waals surface area contributed by atoms with Crippen LogP contribution < -0.4 is 0 Å². The summed E-state index contributed by atoms with van der Waals surface area (Å²) in [5, 5.41) is 14.4. The molecule has 1 amide bonds. The first-order valence-corrected chi connectivity index (χ1v) is 10.4. The average Bonchev–Trinajstić information content (AvgIpc) is 3.15. The number of carbonyl (C=O) groups is 1. The van der Waals surface area contributed by atoms with Gasteiger partial charge in [0.1, 0.15) is 0 Å². The van der Waals surface area contributed by atoms with Crippen LogP contribution in [0.4, 0.5) is 0 Å². The van der Waals surface area contributed by atoms with Gasteiger partial charge in [0, 0.05) is 58.0 Å². The van der Waals surface area contributed by atoms with Gasteiger partial charge in [-0.15, -0.1) is 0 Å². The van der Waals surface area contributed by atoms with Crippen molar-refractivity contribution in [2.45, 2.75) is 33.2 Å². The number of nitrogens with zero attached hydrogens (tertiary/aromatic N) is 5. The SMILES string of the molecule is CCCn1cc(C(=O)N2C[C@@H](CN3CCCN(C)CC3)[C@@H](CO)C2)c(C)n1. The Bertz CT molecular complexity index is 632. The number of aryl methyl sites for hydroxylation is 2. The lowest BCUT2D eigenvalue weighted by atomic mass is 9.96. The summed E-state index contributed by atoms with van der Waals surface area (Å²) in [4.78, 5) is 19.9. The molecule has 7 heteroatoms. The highest BCUT2D eigenvalue weighted by Crippen LogP contribution is 2.26. The Morgan fingerprint density at radius 2 is 2.00 bits per heavy atom. The molecule has 1 N–H and O–H groups in total. The fourth-order valence-corrected chi connectivity index (χ4v) is 4.37. The Kier molecular flexibility index (Phi) is 6.89. The number of hydrogen-bond donors (Lipinski definition) is 1. The van der Waals surface area contributed by atoms with E-state index in [1.807, 2.05) is 22.7 Å². The van der Waals surface area contributed by atoms with Crippen LogP contribution in [-0.4, -0.2) is 95.0 Å². The zero-order chi connectivity index (χ0) is 19.4. The molecule has 2 aliphatic rings. The minimum atomic E-state index is 0.0615. The second-order valence-corrected chi connectivity index (χ2v) is 8.26. The molecule has 0 aromatic carbocycles. The van der Waals surface area contributed by atoms with Crippen molar-refractivity contribution < 1.29 is 9.90 Å². The highest BCUT2D eigenvalue weighted by molar-refractivity contribution is 5.95.